The van der Waals surface area contributed by atoms with Crippen LogP contribution in [-0.2, 0) is 14.6 Å². The molecule has 0 bridgehead atoms. The molecule has 0 saturated carbocycles. The largest absolute Gasteiger partial charge is 0.355 e. The lowest BCUT2D eigenvalue weighted by Crippen LogP contribution is -2.57. The molecule has 1 N–H and O–H groups in total. The van der Waals surface area contributed by atoms with E-state index in [4.69, 9.17) is 0 Å². The molecular formula is C16H31N5O3S. The van der Waals surface area contributed by atoms with Crippen molar-refractivity contribution in [3.05, 3.63) is 0 Å². The molecule has 1 unspecified atom stereocenters. The molecule has 0 aliphatic carbocycles. The van der Waals surface area contributed by atoms with Crippen molar-refractivity contribution in [1.29, 1.82) is 0 Å². The zero-order valence-electron chi connectivity index (χ0n) is 15.6. The fraction of sp³-hybridized carbons (Fsp3) is 0.875. The average Bonchev–Trinajstić information content (AvgIpc) is 3.11. The van der Waals surface area contributed by atoms with E-state index in [1.807, 2.05) is 11.8 Å². The Balaban J connectivity index is 1.80. The predicted molar refractivity (Wildman–Crippen MR) is 99.5 cm³/mol. The highest BCUT2D eigenvalue weighted by atomic mass is 32.2. The van der Waals surface area contributed by atoms with E-state index in [9.17, 15) is 13.2 Å². The number of amides is 1. The second kappa shape index (κ2) is 8.84. The molecule has 144 valence electrons. The first-order valence-corrected chi connectivity index (χ1v) is 11.0. The number of nitrogens with one attached hydrogen (secondary N) is 1. The minimum atomic E-state index is -2.98. The van der Waals surface area contributed by atoms with Gasteiger partial charge in [0.05, 0.1) is 11.8 Å². The minimum Gasteiger partial charge on any atom is -0.355 e. The van der Waals surface area contributed by atoms with Crippen LogP contribution in [-0.4, -0.2) is 106 Å². The van der Waals surface area contributed by atoms with Gasteiger partial charge in [-0.3, -0.25) is 14.7 Å². The van der Waals surface area contributed by atoms with Crippen LogP contribution in [0, 0.1) is 0 Å². The molecule has 1 amide bonds. The summed E-state index contributed by atoms with van der Waals surface area (Å²) in [5.74, 6) is 1.05. The number of carbonyl (C=O) groups is 1. The molecule has 0 aromatic heterocycles. The van der Waals surface area contributed by atoms with Crippen LogP contribution in [0.5, 0.6) is 0 Å². The first kappa shape index (κ1) is 20.0. The Morgan fingerprint density at radius 2 is 1.68 bits per heavy atom. The third-order valence-corrected chi connectivity index (χ3v) is 5.85. The van der Waals surface area contributed by atoms with Crippen molar-refractivity contribution in [2.45, 2.75) is 25.8 Å². The van der Waals surface area contributed by atoms with E-state index >= 15 is 0 Å². The van der Waals surface area contributed by atoms with Crippen molar-refractivity contribution in [3.63, 3.8) is 0 Å². The Hall–Kier alpha value is -1.35. The molecule has 0 spiro atoms. The van der Waals surface area contributed by atoms with Gasteiger partial charge in [-0.1, -0.05) is 0 Å². The molecule has 9 heteroatoms. The summed E-state index contributed by atoms with van der Waals surface area (Å²) in [5.41, 5.74) is 0. The highest BCUT2D eigenvalue weighted by Gasteiger charge is 2.30. The van der Waals surface area contributed by atoms with Gasteiger partial charge in [-0.2, -0.15) is 0 Å². The molecule has 2 rings (SSSR count). The Bertz CT molecular complexity index is 579. The average molecular weight is 374 g/mol. The van der Waals surface area contributed by atoms with Crippen molar-refractivity contribution in [2.75, 3.05) is 64.9 Å². The number of aliphatic imine (C=N–C) groups is 1. The summed E-state index contributed by atoms with van der Waals surface area (Å²) in [6.07, 6.45) is 3.46. The van der Waals surface area contributed by atoms with Crippen molar-refractivity contribution in [2.24, 2.45) is 4.99 Å². The zero-order chi connectivity index (χ0) is 18.4. The van der Waals surface area contributed by atoms with Gasteiger partial charge in [0.2, 0.25) is 5.91 Å². The van der Waals surface area contributed by atoms with E-state index in [0.717, 1.165) is 58.1 Å². The summed E-state index contributed by atoms with van der Waals surface area (Å²) >= 11 is 0. The molecule has 2 aliphatic heterocycles. The van der Waals surface area contributed by atoms with Gasteiger partial charge in [-0.15, -0.1) is 0 Å². The summed E-state index contributed by atoms with van der Waals surface area (Å²) in [6, 6.07) is -0.0829. The highest BCUT2D eigenvalue weighted by Crippen LogP contribution is 2.14. The van der Waals surface area contributed by atoms with E-state index in [1.165, 1.54) is 6.26 Å². The zero-order valence-corrected chi connectivity index (χ0v) is 16.4. The lowest BCUT2D eigenvalue weighted by atomic mass is 10.2. The molecule has 2 saturated heterocycles. The maximum Gasteiger partial charge on any atom is 0.239 e. The summed E-state index contributed by atoms with van der Waals surface area (Å²) in [5, 5.41) is 3.11. The summed E-state index contributed by atoms with van der Waals surface area (Å²) < 4.78 is 22.5. The standard InChI is InChI=1S/C16H31N5O3S/c1-14(15(22)20-7-4-5-8-20)19-9-11-21(12-10-19)16(17-2)18-6-13-25(3,23)24/h14H,4-13H2,1-3H3,(H,17,18). The second-order valence-corrected chi connectivity index (χ2v) is 9.10. The van der Waals surface area contributed by atoms with Gasteiger partial charge in [0, 0.05) is 59.1 Å². The monoisotopic (exact) mass is 373 g/mol. The fourth-order valence-electron chi connectivity index (χ4n) is 3.36. The van der Waals surface area contributed by atoms with Crippen LogP contribution in [0.2, 0.25) is 0 Å². The maximum absolute atomic E-state index is 12.5. The van der Waals surface area contributed by atoms with Crippen LogP contribution in [0.1, 0.15) is 19.8 Å². The molecule has 0 aromatic carbocycles. The summed E-state index contributed by atoms with van der Waals surface area (Å²) in [4.78, 5) is 23.1. The van der Waals surface area contributed by atoms with E-state index < -0.39 is 9.84 Å². The van der Waals surface area contributed by atoms with Gasteiger partial charge in [0.1, 0.15) is 9.84 Å². The van der Waals surface area contributed by atoms with Crippen LogP contribution >= 0.6 is 0 Å². The number of hydrogen-bond donors (Lipinski definition) is 1. The SMILES string of the molecule is CN=C(NCCS(C)(=O)=O)N1CCN(C(C)C(=O)N2CCCC2)CC1. The lowest BCUT2D eigenvalue weighted by molar-refractivity contribution is -0.135. The van der Waals surface area contributed by atoms with Crippen LogP contribution < -0.4 is 5.32 Å². The predicted octanol–water partition coefficient (Wildman–Crippen LogP) is -0.765. The number of hydrogen-bond acceptors (Lipinski definition) is 5. The van der Waals surface area contributed by atoms with Gasteiger partial charge >= 0.3 is 0 Å². The third kappa shape index (κ3) is 5.85. The van der Waals surface area contributed by atoms with Crippen molar-refractivity contribution in [3.8, 4) is 0 Å². The maximum atomic E-state index is 12.5. The molecule has 2 heterocycles. The third-order valence-electron chi connectivity index (χ3n) is 4.90. The number of nitrogens with zero attached hydrogens (tertiary/aromatic N) is 4. The van der Waals surface area contributed by atoms with E-state index in [-0.39, 0.29) is 17.7 Å². The number of piperazine rings is 1. The van der Waals surface area contributed by atoms with Gasteiger partial charge in [-0.25, -0.2) is 8.42 Å². The lowest BCUT2D eigenvalue weighted by Gasteiger charge is -2.39. The van der Waals surface area contributed by atoms with Crippen LogP contribution in [0.15, 0.2) is 4.99 Å². The molecule has 8 nitrogen and oxygen atoms in total. The second-order valence-electron chi connectivity index (χ2n) is 6.84. The molecule has 2 aliphatic rings. The van der Waals surface area contributed by atoms with Crippen LogP contribution in [0.4, 0.5) is 0 Å². The van der Waals surface area contributed by atoms with Crippen LogP contribution in [0.25, 0.3) is 0 Å². The first-order valence-electron chi connectivity index (χ1n) is 8.98. The summed E-state index contributed by atoms with van der Waals surface area (Å²) in [7, 11) is -1.28. The van der Waals surface area contributed by atoms with Crippen molar-refractivity contribution in [1.82, 2.24) is 20.0 Å². The Morgan fingerprint density at radius 1 is 1.08 bits per heavy atom. The minimum absolute atomic E-state index is 0.0829. The highest BCUT2D eigenvalue weighted by molar-refractivity contribution is 7.90. The van der Waals surface area contributed by atoms with Crippen molar-refractivity contribution < 1.29 is 13.2 Å². The smallest absolute Gasteiger partial charge is 0.239 e. The quantitative estimate of drug-likeness (QED) is 0.503. The number of guanidine groups is 1. The Kier molecular flexibility index (Phi) is 7.06. The summed E-state index contributed by atoms with van der Waals surface area (Å²) in [6.45, 7) is 7.28. The van der Waals surface area contributed by atoms with E-state index in [1.54, 1.807) is 7.05 Å². The van der Waals surface area contributed by atoms with E-state index in [2.05, 4.69) is 20.1 Å². The molecule has 2 fully saturated rings. The van der Waals surface area contributed by atoms with Crippen LogP contribution in [0.3, 0.4) is 0 Å². The number of likely N-dealkylation sites (tertiary alicyclic amines) is 1. The van der Waals surface area contributed by atoms with E-state index in [0.29, 0.717) is 6.54 Å². The molecular weight excluding hydrogens is 342 g/mol. The molecule has 0 aromatic rings. The van der Waals surface area contributed by atoms with Gasteiger partial charge < -0.3 is 15.1 Å². The number of rotatable bonds is 5. The Morgan fingerprint density at radius 3 is 2.20 bits per heavy atom. The van der Waals surface area contributed by atoms with Crippen molar-refractivity contribution >= 4 is 21.7 Å². The Labute approximate surface area is 151 Å². The molecule has 25 heavy (non-hydrogen) atoms. The fourth-order valence-corrected chi connectivity index (χ4v) is 3.83. The van der Waals surface area contributed by atoms with Gasteiger partial charge in [0.15, 0.2) is 5.96 Å². The number of carbonyl (C=O) groups excluding carboxylic acids is 1. The topological polar surface area (TPSA) is 85.3 Å². The normalized spacial score (nSPS) is 21.5. The molecule has 0 radical (unpaired) electrons. The molecule has 1 atom stereocenters. The first-order chi connectivity index (χ1) is 11.8. The number of sulfone groups is 1. The van der Waals surface area contributed by atoms with Gasteiger partial charge in [-0.05, 0) is 19.8 Å². The van der Waals surface area contributed by atoms with Gasteiger partial charge in [0.25, 0.3) is 0 Å².